The molecule has 1 saturated carbocycles. The molecule has 1 saturated heterocycles. The Kier molecular flexibility index (Phi) is 7.98. The van der Waals surface area contributed by atoms with Gasteiger partial charge < -0.3 is 0 Å². The van der Waals surface area contributed by atoms with Crippen LogP contribution in [0, 0.1) is 11.6 Å². The van der Waals surface area contributed by atoms with Crippen molar-refractivity contribution < 1.29 is 8.78 Å². The Hall–Kier alpha value is -1.48. The van der Waals surface area contributed by atoms with Crippen LogP contribution in [0.15, 0.2) is 36.4 Å². The Morgan fingerprint density at radius 2 is 1.58 bits per heavy atom. The van der Waals surface area contributed by atoms with Gasteiger partial charge >= 0.3 is 0 Å². The van der Waals surface area contributed by atoms with Crippen LogP contribution in [0.3, 0.4) is 0 Å². The third-order valence-corrected chi connectivity index (χ3v) is 11.4. The van der Waals surface area contributed by atoms with E-state index in [4.69, 9.17) is 0 Å². The van der Waals surface area contributed by atoms with E-state index in [1.165, 1.54) is 99.6 Å². The van der Waals surface area contributed by atoms with Gasteiger partial charge in [0.15, 0.2) is 11.6 Å². The quantitative estimate of drug-likeness (QED) is 0.298. The van der Waals surface area contributed by atoms with Gasteiger partial charge in [0, 0.05) is 8.80 Å². The molecule has 0 bridgehead atoms. The zero-order valence-corrected chi connectivity index (χ0v) is 20.3. The fourth-order valence-corrected chi connectivity index (χ4v) is 9.46. The van der Waals surface area contributed by atoms with Crippen LogP contribution >= 0.6 is 0 Å². The molecule has 0 amide bonds. The summed E-state index contributed by atoms with van der Waals surface area (Å²) in [6.07, 6.45) is 13.2. The molecule has 2 aromatic rings. The lowest BCUT2D eigenvalue weighted by molar-refractivity contribution is 0.443. The predicted molar refractivity (Wildman–Crippen MR) is 131 cm³/mol. The van der Waals surface area contributed by atoms with Crippen molar-refractivity contribution in [3.8, 4) is 11.1 Å². The van der Waals surface area contributed by atoms with Gasteiger partial charge in [-0.2, -0.15) is 0 Å². The minimum Gasteiger partial charge on any atom is -0.204 e. The molecule has 0 nitrogen and oxygen atoms in total. The number of hydrogen-bond acceptors (Lipinski definition) is 0. The van der Waals surface area contributed by atoms with Crippen LogP contribution in [-0.2, 0) is 0 Å². The summed E-state index contributed by atoms with van der Waals surface area (Å²) in [5.41, 5.74) is 4.80. The van der Waals surface area contributed by atoms with Gasteiger partial charge in [0.1, 0.15) is 0 Å². The van der Waals surface area contributed by atoms with Crippen LogP contribution in [0.2, 0.25) is 18.1 Å². The first-order valence-corrected chi connectivity index (χ1v) is 15.2. The molecule has 2 aliphatic rings. The Bertz CT molecular complexity index is 848. The molecule has 168 valence electrons. The number of hydrogen-bond donors (Lipinski definition) is 0. The lowest BCUT2D eigenvalue weighted by atomic mass is 9.79. The summed E-state index contributed by atoms with van der Waals surface area (Å²) >= 11 is 0. The summed E-state index contributed by atoms with van der Waals surface area (Å²) in [5.74, 6) is -0.269. The Labute approximate surface area is 189 Å². The van der Waals surface area contributed by atoms with Crippen molar-refractivity contribution in [3.63, 3.8) is 0 Å². The fourth-order valence-electron chi connectivity index (χ4n) is 5.98. The molecule has 1 aliphatic carbocycles. The molecule has 0 aromatic heterocycles. The van der Waals surface area contributed by atoms with E-state index >= 15 is 0 Å². The molecule has 0 spiro atoms. The molecule has 2 aromatic carbocycles. The van der Waals surface area contributed by atoms with Gasteiger partial charge in [-0.15, -0.1) is 0 Å². The molecule has 0 radical (unpaired) electrons. The largest absolute Gasteiger partial charge is 0.204 e. The van der Waals surface area contributed by atoms with Crippen LogP contribution in [0.5, 0.6) is 0 Å². The first kappa shape index (κ1) is 22.7. The van der Waals surface area contributed by atoms with Crippen LogP contribution in [0.25, 0.3) is 11.1 Å². The normalized spacial score (nSPS) is 22.5. The highest BCUT2D eigenvalue weighted by atomic mass is 28.3. The summed E-state index contributed by atoms with van der Waals surface area (Å²) < 4.78 is 27.5. The van der Waals surface area contributed by atoms with Gasteiger partial charge in [0.05, 0.1) is 0 Å². The van der Waals surface area contributed by atoms with E-state index in [0.717, 1.165) is 11.1 Å². The van der Waals surface area contributed by atoms with Crippen molar-refractivity contribution in [2.45, 2.75) is 101 Å². The Morgan fingerprint density at radius 3 is 2.29 bits per heavy atom. The minimum atomic E-state index is -0.764. The highest BCUT2D eigenvalue weighted by Gasteiger charge is 2.25. The summed E-state index contributed by atoms with van der Waals surface area (Å²) in [5, 5.41) is 0. The second kappa shape index (κ2) is 10.9. The van der Waals surface area contributed by atoms with Gasteiger partial charge in [-0.05, 0) is 71.9 Å². The molecular weight excluding hydrogens is 402 g/mol. The zero-order valence-electron chi connectivity index (χ0n) is 19.1. The molecule has 2 fully saturated rings. The van der Waals surface area contributed by atoms with Gasteiger partial charge in [-0.1, -0.05) is 87.8 Å². The number of benzene rings is 2. The van der Waals surface area contributed by atoms with E-state index in [1.54, 1.807) is 12.1 Å². The number of unbranched alkanes of at least 4 members (excludes halogenated alkanes) is 2. The topological polar surface area (TPSA) is 0 Å². The van der Waals surface area contributed by atoms with Crippen molar-refractivity contribution in [2.24, 2.45) is 0 Å². The van der Waals surface area contributed by atoms with Crippen molar-refractivity contribution in [1.29, 1.82) is 0 Å². The van der Waals surface area contributed by atoms with Crippen LogP contribution < -0.4 is 0 Å². The lowest BCUT2D eigenvalue weighted by Crippen LogP contribution is -2.20. The molecule has 0 unspecified atom stereocenters. The standard InChI is InChI=1S/C28H38F2Si/c1-2-3-7-16-31-17-14-21(15-18-31)23-10-12-25(24-11-13-27(29)28(30)20-24)26(19-23)22-8-5-4-6-9-22/h10-13,19-22,31H,2-9,14-18H2,1H3/t21-,31-. The van der Waals surface area contributed by atoms with Gasteiger partial charge in [-0.3, -0.25) is 0 Å². The second-order valence-electron chi connectivity index (χ2n) is 10.0. The van der Waals surface area contributed by atoms with Gasteiger partial charge in [0.25, 0.3) is 0 Å². The highest BCUT2D eigenvalue weighted by molar-refractivity contribution is 6.59. The van der Waals surface area contributed by atoms with Crippen molar-refractivity contribution in [2.75, 3.05) is 0 Å². The maximum atomic E-state index is 14.0. The third kappa shape index (κ3) is 5.66. The Balaban J connectivity index is 1.55. The van der Waals surface area contributed by atoms with Crippen molar-refractivity contribution >= 4 is 8.80 Å². The van der Waals surface area contributed by atoms with E-state index in [1.807, 2.05) is 0 Å². The van der Waals surface area contributed by atoms with Crippen LogP contribution in [0.1, 0.15) is 94.1 Å². The van der Waals surface area contributed by atoms with Crippen LogP contribution in [0.4, 0.5) is 8.78 Å². The van der Waals surface area contributed by atoms with E-state index < -0.39 is 20.4 Å². The van der Waals surface area contributed by atoms with Gasteiger partial charge in [0.2, 0.25) is 0 Å². The molecular formula is C28H38F2Si. The lowest BCUT2D eigenvalue weighted by Gasteiger charge is -2.30. The highest BCUT2D eigenvalue weighted by Crippen LogP contribution is 2.42. The third-order valence-electron chi connectivity index (χ3n) is 7.89. The fraction of sp³-hybridized carbons (Fsp3) is 0.571. The zero-order chi connectivity index (χ0) is 21.6. The van der Waals surface area contributed by atoms with Gasteiger partial charge in [-0.25, -0.2) is 8.78 Å². The minimum absolute atomic E-state index is 0.507. The summed E-state index contributed by atoms with van der Waals surface area (Å²) in [4.78, 5) is 0. The first-order chi connectivity index (χ1) is 15.2. The molecule has 0 atom stereocenters. The number of halogens is 2. The smallest absolute Gasteiger partial charge is 0.159 e. The van der Waals surface area contributed by atoms with Crippen LogP contribution in [-0.4, -0.2) is 8.80 Å². The first-order valence-electron chi connectivity index (χ1n) is 12.7. The Morgan fingerprint density at radius 1 is 0.806 bits per heavy atom. The molecule has 0 N–H and O–H groups in total. The van der Waals surface area contributed by atoms with Crippen molar-refractivity contribution in [3.05, 3.63) is 59.2 Å². The maximum absolute atomic E-state index is 14.0. The maximum Gasteiger partial charge on any atom is 0.159 e. The average Bonchev–Trinajstić information content (AvgIpc) is 2.82. The molecule has 1 aliphatic heterocycles. The average molecular weight is 441 g/mol. The number of rotatable bonds is 7. The summed E-state index contributed by atoms with van der Waals surface area (Å²) in [7, 11) is -0.507. The molecule has 1 heterocycles. The monoisotopic (exact) mass is 440 g/mol. The summed E-state index contributed by atoms with van der Waals surface area (Å²) in [6, 6.07) is 15.9. The summed E-state index contributed by atoms with van der Waals surface area (Å²) in [6.45, 7) is 2.30. The molecule has 4 rings (SSSR count). The second-order valence-corrected chi connectivity index (χ2v) is 13.5. The SMILES string of the molecule is CCCCC[Si@H]1CC[C@H](c2ccc(-c3ccc(F)c(F)c3)c(C3CCCCC3)c2)CC1. The van der Waals surface area contributed by atoms with E-state index in [2.05, 4.69) is 25.1 Å². The predicted octanol–water partition coefficient (Wildman–Crippen LogP) is 8.97. The molecule has 3 heteroatoms. The van der Waals surface area contributed by atoms with E-state index in [-0.39, 0.29) is 0 Å². The van der Waals surface area contributed by atoms with E-state index in [0.29, 0.717) is 11.8 Å². The van der Waals surface area contributed by atoms with E-state index in [9.17, 15) is 8.78 Å². The molecule has 31 heavy (non-hydrogen) atoms. The van der Waals surface area contributed by atoms with Crippen molar-refractivity contribution in [1.82, 2.24) is 0 Å².